The molecule has 1 aliphatic heterocycles. The second-order valence-corrected chi connectivity index (χ2v) is 5.73. The van der Waals surface area contributed by atoms with Gasteiger partial charge in [0.2, 0.25) is 5.91 Å². The van der Waals surface area contributed by atoms with Gasteiger partial charge < -0.3 is 0 Å². The van der Waals surface area contributed by atoms with Crippen LogP contribution in [0.2, 0.25) is 5.02 Å². The van der Waals surface area contributed by atoms with Crippen LogP contribution in [0.15, 0.2) is 46.9 Å². The summed E-state index contributed by atoms with van der Waals surface area (Å²) in [5, 5.41) is 6.94. The van der Waals surface area contributed by atoms with Crippen molar-refractivity contribution in [3.63, 3.8) is 0 Å². The molecule has 0 aliphatic carbocycles. The Labute approximate surface area is 119 Å². The smallest absolute Gasteiger partial charge is 0.241 e. The average molecular weight is 291 g/mol. The molecule has 2 heterocycles. The van der Waals surface area contributed by atoms with E-state index in [1.54, 1.807) is 11.3 Å². The molecule has 2 aromatic rings. The molecule has 1 aromatic heterocycles. The average Bonchev–Trinajstić information content (AvgIpc) is 2.94. The lowest BCUT2D eigenvalue weighted by Crippen LogP contribution is -2.31. The SMILES string of the molecule is O=C1CC(c2cccs2)C(c2ccc(Cl)cc2)=NN1. The van der Waals surface area contributed by atoms with Crippen molar-refractivity contribution in [1.29, 1.82) is 0 Å². The third-order valence-electron chi connectivity index (χ3n) is 3.05. The van der Waals surface area contributed by atoms with Crippen molar-refractivity contribution in [2.45, 2.75) is 12.3 Å². The summed E-state index contributed by atoms with van der Waals surface area (Å²) < 4.78 is 0. The molecule has 0 radical (unpaired) electrons. The Morgan fingerprint density at radius 1 is 1.26 bits per heavy atom. The fourth-order valence-corrected chi connectivity index (χ4v) is 3.10. The third kappa shape index (κ3) is 2.55. The first-order chi connectivity index (χ1) is 9.24. The number of hydrazone groups is 1. The molecule has 0 saturated carbocycles. The van der Waals surface area contributed by atoms with Gasteiger partial charge in [-0.15, -0.1) is 11.3 Å². The number of halogens is 1. The summed E-state index contributed by atoms with van der Waals surface area (Å²) in [7, 11) is 0. The molecule has 1 unspecified atom stereocenters. The summed E-state index contributed by atoms with van der Waals surface area (Å²) in [6.45, 7) is 0. The van der Waals surface area contributed by atoms with Gasteiger partial charge in [0.25, 0.3) is 0 Å². The van der Waals surface area contributed by atoms with Gasteiger partial charge in [-0.1, -0.05) is 29.8 Å². The Balaban J connectivity index is 2.01. The van der Waals surface area contributed by atoms with Gasteiger partial charge in [-0.25, -0.2) is 5.43 Å². The number of carbonyl (C=O) groups is 1. The number of benzene rings is 1. The number of nitrogens with one attached hydrogen (secondary N) is 1. The Morgan fingerprint density at radius 2 is 2.05 bits per heavy atom. The zero-order valence-corrected chi connectivity index (χ0v) is 11.5. The van der Waals surface area contributed by atoms with Crippen LogP contribution >= 0.6 is 22.9 Å². The third-order valence-corrected chi connectivity index (χ3v) is 4.29. The van der Waals surface area contributed by atoms with Crippen LogP contribution in [0.3, 0.4) is 0 Å². The summed E-state index contributed by atoms with van der Waals surface area (Å²) in [4.78, 5) is 12.7. The molecule has 1 amide bonds. The highest BCUT2D eigenvalue weighted by Gasteiger charge is 2.27. The highest BCUT2D eigenvalue weighted by molar-refractivity contribution is 7.10. The molecule has 0 saturated heterocycles. The molecule has 1 atom stereocenters. The Bertz CT molecular complexity index is 619. The van der Waals surface area contributed by atoms with Gasteiger partial charge in [0.15, 0.2) is 0 Å². The van der Waals surface area contributed by atoms with Crippen LogP contribution in [0, 0.1) is 0 Å². The first-order valence-electron chi connectivity index (χ1n) is 5.90. The van der Waals surface area contributed by atoms with Crippen molar-refractivity contribution in [3.05, 3.63) is 57.2 Å². The molecule has 1 N–H and O–H groups in total. The molecule has 1 aliphatic rings. The fourth-order valence-electron chi connectivity index (χ4n) is 2.14. The summed E-state index contributed by atoms with van der Waals surface area (Å²) >= 11 is 7.55. The van der Waals surface area contributed by atoms with E-state index in [9.17, 15) is 4.79 Å². The number of thiophene rings is 1. The molecule has 0 bridgehead atoms. The summed E-state index contributed by atoms with van der Waals surface area (Å²) in [6, 6.07) is 11.6. The second kappa shape index (κ2) is 5.15. The normalized spacial score (nSPS) is 18.9. The lowest BCUT2D eigenvalue weighted by molar-refractivity contribution is -0.121. The van der Waals surface area contributed by atoms with Gasteiger partial charge in [-0.05, 0) is 29.1 Å². The van der Waals surface area contributed by atoms with E-state index in [0.29, 0.717) is 11.4 Å². The van der Waals surface area contributed by atoms with E-state index < -0.39 is 0 Å². The van der Waals surface area contributed by atoms with E-state index in [2.05, 4.69) is 10.5 Å². The quantitative estimate of drug-likeness (QED) is 0.905. The fraction of sp³-hybridized carbons (Fsp3) is 0.143. The Kier molecular flexibility index (Phi) is 3.36. The van der Waals surface area contributed by atoms with Gasteiger partial charge in [0, 0.05) is 22.2 Å². The number of hydrogen-bond acceptors (Lipinski definition) is 3. The molecule has 1 aromatic carbocycles. The predicted octanol–water partition coefficient (Wildman–Crippen LogP) is 3.41. The van der Waals surface area contributed by atoms with Gasteiger partial charge in [-0.2, -0.15) is 5.10 Å². The van der Waals surface area contributed by atoms with Crippen LogP contribution in [0.1, 0.15) is 22.8 Å². The van der Waals surface area contributed by atoms with Gasteiger partial charge in [-0.3, -0.25) is 4.79 Å². The standard InChI is InChI=1S/C14H11ClN2OS/c15-10-5-3-9(4-6-10)14-11(8-13(18)16-17-14)12-2-1-7-19-12/h1-7,11H,8H2,(H,16,18). The molecular weight excluding hydrogens is 280 g/mol. The molecule has 0 fully saturated rings. The van der Waals surface area contributed by atoms with Crippen molar-refractivity contribution in [2.75, 3.05) is 0 Å². The van der Waals surface area contributed by atoms with Crippen LogP contribution in [0.4, 0.5) is 0 Å². The number of amides is 1. The molecular formula is C14H11ClN2OS. The number of carbonyl (C=O) groups excluding carboxylic acids is 1. The van der Waals surface area contributed by atoms with Gasteiger partial charge in [0.05, 0.1) is 5.71 Å². The van der Waals surface area contributed by atoms with Crippen molar-refractivity contribution in [1.82, 2.24) is 5.43 Å². The van der Waals surface area contributed by atoms with Crippen LogP contribution < -0.4 is 5.43 Å². The van der Waals surface area contributed by atoms with E-state index in [4.69, 9.17) is 11.6 Å². The number of hydrogen-bond donors (Lipinski definition) is 1. The number of nitrogens with zero attached hydrogens (tertiary/aromatic N) is 1. The van der Waals surface area contributed by atoms with E-state index in [-0.39, 0.29) is 11.8 Å². The van der Waals surface area contributed by atoms with Gasteiger partial charge >= 0.3 is 0 Å². The minimum Gasteiger partial charge on any atom is -0.273 e. The number of rotatable bonds is 2. The van der Waals surface area contributed by atoms with Crippen LogP contribution in [-0.2, 0) is 4.79 Å². The zero-order chi connectivity index (χ0) is 13.2. The minimum atomic E-state index is -0.0453. The lowest BCUT2D eigenvalue weighted by atomic mass is 9.91. The first kappa shape index (κ1) is 12.4. The summed E-state index contributed by atoms with van der Waals surface area (Å²) in [5.41, 5.74) is 4.43. The van der Waals surface area contributed by atoms with Crippen molar-refractivity contribution in [2.24, 2.45) is 5.10 Å². The first-order valence-corrected chi connectivity index (χ1v) is 7.15. The minimum absolute atomic E-state index is 0.0231. The Hall–Kier alpha value is -1.65. The zero-order valence-electron chi connectivity index (χ0n) is 9.97. The maximum Gasteiger partial charge on any atom is 0.241 e. The van der Waals surface area contributed by atoms with Crippen molar-refractivity contribution in [3.8, 4) is 0 Å². The van der Waals surface area contributed by atoms with Crippen molar-refractivity contribution < 1.29 is 4.79 Å². The summed E-state index contributed by atoms with van der Waals surface area (Å²) in [6.07, 6.45) is 0.433. The summed E-state index contributed by atoms with van der Waals surface area (Å²) in [5.74, 6) is -0.0222. The molecule has 3 rings (SSSR count). The maximum atomic E-state index is 11.6. The topological polar surface area (TPSA) is 41.5 Å². The predicted molar refractivity (Wildman–Crippen MR) is 77.8 cm³/mol. The van der Waals surface area contributed by atoms with E-state index in [0.717, 1.165) is 16.2 Å². The monoisotopic (exact) mass is 290 g/mol. The molecule has 3 nitrogen and oxygen atoms in total. The van der Waals surface area contributed by atoms with Crippen molar-refractivity contribution >= 4 is 34.6 Å². The molecule has 0 spiro atoms. The lowest BCUT2D eigenvalue weighted by Gasteiger charge is -2.22. The van der Waals surface area contributed by atoms with Crippen LogP contribution in [0.25, 0.3) is 0 Å². The van der Waals surface area contributed by atoms with Crippen LogP contribution in [0.5, 0.6) is 0 Å². The van der Waals surface area contributed by atoms with E-state index >= 15 is 0 Å². The second-order valence-electron chi connectivity index (χ2n) is 4.31. The highest BCUT2D eigenvalue weighted by Crippen LogP contribution is 2.30. The van der Waals surface area contributed by atoms with E-state index in [1.165, 1.54) is 0 Å². The molecule has 96 valence electrons. The van der Waals surface area contributed by atoms with Crippen LogP contribution in [-0.4, -0.2) is 11.6 Å². The van der Waals surface area contributed by atoms with E-state index in [1.807, 2.05) is 41.8 Å². The van der Waals surface area contributed by atoms with Gasteiger partial charge in [0.1, 0.15) is 0 Å². The maximum absolute atomic E-state index is 11.6. The largest absolute Gasteiger partial charge is 0.273 e. The highest BCUT2D eigenvalue weighted by atomic mass is 35.5. The molecule has 19 heavy (non-hydrogen) atoms. The Morgan fingerprint density at radius 3 is 2.74 bits per heavy atom. The molecule has 5 heteroatoms.